The molecule has 0 aromatic carbocycles. The molecule has 0 aliphatic heterocycles. The van der Waals surface area contributed by atoms with Gasteiger partial charge in [-0.2, -0.15) is 0 Å². The lowest BCUT2D eigenvalue weighted by molar-refractivity contribution is 0.372. The summed E-state index contributed by atoms with van der Waals surface area (Å²) < 4.78 is 11.8. The summed E-state index contributed by atoms with van der Waals surface area (Å²) in [5, 5.41) is 6.28. The zero-order valence-corrected chi connectivity index (χ0v) is 3.76. The molecule has 42 valence electrons. The van der Waals surface area contributed by atoms with Crippen molar-refractivity contribution in [2.24, 2.45) is 11.5 Å². The first-order valence-electron chi connectivity index (χ1n) is 1.84. The quantitative estimate of drug-likeness (QED) is 0.318. The molecular weight excluding hydrogens is 97.1 g/mol. The van der Waals surface area contributed by atoms with Crippen LogP contribution in [0.1, 0.15) is 0 Å². The fourth-order valence-corrected chi connectivity index (χ4v) is 0.111. The third kappa shape index (κ3) is 2.24. The standard InChI is InChI=1S/C3H8FN3/c4-2(1-5)3(6)7/h1-3,5H,6-7H2. The van der Waals surface area contributed by atoms with Crippen molar-refractivity contribution in [3.05, 3.63) is 0 Å². The molecule has 0 spiro atoms. The van der Waals surface area contributed by atoms with E-state index in [1.165, 1.54) is 0 Å². The van der Waals surface area contributed by atoms with E-state index in [0.717, 1.165) is 0 Å². The van der Waals surface area contributed by atoms with Gasteiger partial charge in [0, 0.05) is 6.21 Å². The van der Waals surface area contributed by atoms with Gasteiger partial charge in [-0.25, -0.2) is 4.39 Å². The molecule has 0 fully saturated rings. The highest BCUT2D eigenvalue weighted by Gasteiger charge is 2.05. The van der Waals surface area contributed by atoms with Gasteiger partial charge in [0.25, 0.3) is 0 Å². The highest BCUT2D eigenvalue weighted by molar-refractivity contribution is 5.59. The average molecular weight is 105 g/mol. The number of halogens is 1. The smallest absolute Gasteiger partial charge is 0.162 e. The highest BCUT2D eigenvalue weighted by Crippen LogP contribution is 1.82. The predicted octanol–water partition coefficient (Wildman–Crippen LogP) is -0.782. The molecule has 0 amide bonds. The topological polar surface area (TPSA) is 75.9 Å². The van der Waals surface area contributed by atoms with Gasteiger partial charge < -0.3 is 16.9 Å². The van der Waals surface area contributed by atoms with E-state index in [9.17, 15) is 4.39 Å². The largest absolute Gasteiger partial charge is 0.313 e. The van der Waals surface area contributed by atoms with Crippen LogP contribution < -0.4 is 11.5 Å². The Balaban J connectivity index is 3.33. The van der Waals surface area contributed by atoms with Gasteiger partial charge in [0.05, 0.1) is 6.17 Å². The van der Waals surface area contributed by atoms with Crippen LogP contribution in [0.5, 0.6) is 0 Å². The molecular formula is C3H8FN3. The summed E-state index contributed by atoms with van der Waals surface area (Å²) in [6.07, 6.45) is -1.97. The second-order valence-corrected chi connectivity index (χ2v) is 1.19. The maximum atomic E-state index is 11.8. The fraction of sp³-hybridized carbons (Fsp3) is 0.667. The lowest BCUT2D eigenvalue weighted by atomic mass is 10.3. The molecule has 0 aromatic rings. The Kier molecular flexibility index (Phi) is 2.47. The van der Waals surface area contributed by atoms with Crippen LogP contribution >= 0.6 is 0 Å². The van der Waals surface area contributed by atoms with Crippen LogP contribution in [0.15, 0.2) is 0 Å². The minimum atomic E-state index is -1.50. The van der Waals surface area contributed by atoms with E-state index < -0.39 is 12.3 Å². The number of hydrogen-bond donors (Lipinski definition) is 3. The maximum Gasteiger partial charge on any atom is 0.162 e. The van der Waals surface area contributed by atoms with E-state index in [0.29, 0.717) is 6.21 Å². The zero-order valence-electron chi connectivity index (χ0n) is 3.76. The number of alkyl halides is 1. The molecule has 0 aliphatic carbocycles. The monoisotopic (exact) mass is 105 g/mol. The first-order chi connectivity index (χ1) is 3.18. The lowest BCUT2D eigenvalue weighted by Crippen LogP contribution is -2.40. The summed E-state index contributed by atoms with van der Waals surface area (Å²) in [7, 11) is 0. The lowest BCUT2D eigenvalue weighted by Gasteiger charge is -2.02. The molecule has 1 unspecified atom stereocenters. The first kappa shape index (κ1) is 6.52. The second kappa shape index (κ2) is 2.65. The van der Waals surface area contributed by atoms with Crippen LogP contribution in [0.2, 0.25) is 0 Å². The van der Waals surface area contributed by atoms with Crippen LogP contribution in [0.25, 0.3) is 0 Å². The Hall–Kier alpha value is -0.480. The Morgan fingerprint density at radius 3 is 2.00 bits per heavy atom. The van der Waals surface area contributed by atoms with Gasteiger partial charge in [-0.15, -0.1) is 0 Å². The normalized spacial score (nSPS) is 14.3. The summed E-state index contributed by atoms with van der Waals surface area (Å²) in [5.41, 5.74) is 9.60. The minimum absolute atomic E-state index is 0.574. The zero-order chi connectivity index (χ0) is 5.86. The van der Waals surface area contributed by atoms with Crippen molar-refractivity contribution in [1.82, 2.24) is 0 Å². The van der Waals surface area contributed by atoms with E-state index in [4.69, 9.17) is 16.9 Å². The SMILES string of the molecule is N=CC(F)C(N)N. The Labute approximate surface area is 41.0 Å². The van der Waals surface area contributed by atoms with Gasteiger partial charge in [-0.3, -0.25) is 0 Å². The van der Waals surface area contributed by atoms with Crippen LogP contribution in [0, 0.1) is 5.41 Å². The van der Waals surface area contributed by atoms with Crippen molar-refractivity contribution in [3.8, 4) is 0 Å². The molecule has 0 aromatic heterocycles. The van der Waals surface area contributed by atoms with Crippen LogP contribution in [0.3, 0.4) is 0 Å². The minimum Gasteiger partial charge on any atom is -0.313 e. The van der Waals surface area contributed by atoms with E-state index in [1.807, 2.05) is 0 Å². The van der Waals surface area contributed by atoms with Crippen molar-refractivity contribution >= 4 is 6.21 Å². The van der Waals surface area contributed by atoms with Crippen LogP contribution in [0.4, 0.5) is 4.39 Å². The highest BCUT2D eigenvalue weighted by atomic mass is 19.1. The summed E-state index contributed by atoms with van der Waals surface area (Å²) >= 11 is 0. The second-order valence-electron chi connectivity index (χ2n) is 1.19. The third-order valence-electron chi connectivity index (χ3n) is 0.527. The molecule has 0 saturated carbocycles. The van der Waals surface area contributed by atoms with E-state index >= 15 is 0 Å². The van der Waals surface area contributed by atoms with E-state index in [1.54, 1.807) is 0 Å². The predicted molar refractivity (Wildman–Crippen MR) is 25.8 cm³/mol. The third-order valence-corrected chi connectivity index (χ3v) is 0.527. The van der Waals surface area contributed by atoms with E-state index in [2.05, 4.69) is 0 Å². The molecule has 0 bridgehead atoms. The van der Waals surface area contributed by atoms with Crippen molar-refractivity contribution in [2.75, 3.05) is 0 Å². The average Bonchev–Trinajstić information content (AvgIpc) is 1.65. The molecule has 0 rings (SSSR count). The van der Waals surface area contributed by atoms with E-state index in [-0.39, 0.29) is 0 Å². The van der Waals surface area contributed by atoms with Crippen molar-refractivity contribution in [1.29, 1.82) is 5.41 Å². The molecule has 7 heavy (non-hydrogen) atoms. The summed E-state index contributed by atoms with van der Waals surface area (Å²) in [4.78, 5) is 0. The molecule has 0 saturated heterocycles. The Morgan fingerprint density at radius 2 is 2.00 bits per heavy atom. The maximum absolute atomic E-state index is 11.8. The molecule has 1 atom stereocenters. The number of hydrogen-bond acceptors (Lipinski definition) is 3. The molecule has 0 aliphatic rings. The van der Waals surface area contributed by atoms with Gasteiger partial charge in [0.1, 0.15) is 0 Å². The van der Waals surface area contributed by atoms with Gasteiger partial charge >= 0.3 is 0 Å². The molecule has 0 heterocycles. The molecule has 0 radical (unpaired) electrons. The van der Waals surface area contributed by atoms with Crippen LogP contribution in [-0.2, 0) is 0 Å². The van der Waals surface area contributed by atoms with Gasteiger partial charge in [-0.05, 0) is 0 Å². The summed E-state index contributed by atoms with van der Waals surface area (Å²) in [6.45, 7) is 0. The summed E-state index contributed by atoms with van der Waals surface area (Å²) in [5.74, 6) is 0. The Bertz CT molecular complexity index is 63.2. The van der Waals surface area contributed by atoms with Gasteiger partial charge in [0.15, 0.2) is 6.17 Å². The van der Waals surface area contributed by atoms with Crippen molar-refractivity contribution in [3.63, 3.8) is 0 Å². The van der Waals surface area contributed by atoms with Crippen molar-refractivity contribution < 1.29 is 4.39 Å². The number of nitrogens with two attached hydrogens (primary N) is 2. The first-order valence-corrected chi connectivity index (χ1v) is 1.84. The van der Waals surface area contributed by atoms with Crippen molar-refractivity contribution in [2.45, 2.75) is 12.3 Å². The molecule has 5 N–H and O–H groups in total. The van der Waals surface area contributed by atoms with Crippen LogP contribution in [-0.4, -0.2) is 18.6 Å². The summed E-state index contributed by atoms with van der Waals surface area (Å²) in [6, 6.07) is 0. The molecule has 4 heteroatoms. The number of nitrogens with one attached hydrogen (secondary N) is 1. The number of rotatable bonds is 2. The van der Waals surface area contributed by atoms with Gasteiger partial charge in [0.2, 0.25) is 0 Å². The molecule has 3 nitrogen and oxygen atoms in total. The van der Waals surface area contributed by atoms with Gasteiger partial charge in [-0.1, -0.05) is 0 Å². The fourth-order valence-electron chi connectivity index (χ4n) is 0.111. The Morgan fingerprint density at radius 1 is 1.57 bits per heavy atom.